The summed E-state index contributed by atoms with van der Waals surface area (Å²) in [5.41, 5.74) is 1.63. The number of benzene rings is 1. The van der Waals surface area contributed by atoms with Crippen molar-refractivity contribution in [2.24, 2.45) is 0 Å². The number of fused-ring (bicyclic) bond motifs is 1. The Morgan fingerprint density at radius 3 is 2.66 bits per heavy atom. The third kappa shape index (κ3) is 4.01. The fraction of sp³-hybridized carbons (Fsp3) is 0.429. The highest BCUT2D eigenvalue weighted by atomic mass is 16.5. The Balaban J connectivity index is 1.66. The first kappa shape index (κ1) is 19.2. The smallest absolute Gasteiger partial charge is 0.293 e. The van der Waals surface area contributed by atoms with E-state index in [1.165, 1.54) is 0 Å². The largest absolute Gasteiger partial charge is 0.465 e. The number of anilines is 2. The SMILES string of the molecule is CCCn1c(Nc2ccccc2)nc2nc(C3CCC(OC=O)CC3)[nH]c2c1=O. The van der Waals surface area contributed by atoms with Gasteiger partial charge < -0.3 is 15.0 Å². The molecule has 0 amide bonds. The summed E-state index contributed by atoms with van der Waals surface area (Å²) >= 11 is 0. The summed E-state index contributed by atoms with van der Waals surface area (Å²) < 4.78 is 6.73. The molecule has 8 heteroatoms. The normalized spacial score (nSPS) is 19.2. The third-order valence-electron chi connectivity index (χ3n) is 5.42. The van der Waals surface area contributed by atoms with Crippen LogP contribution in [0.25, 0.3) is 11.2 Å². The molecule has 2 N–H and O–H groups in total. The van der Waals surface area contributed by atoms with Gasteiger partial charge in [-0.1, -0.05) is 25.1 Å². The highest BCUT2D eigenvalue weighted by Gasteiger charge is 2.26. The van der Waals surface area contributed by atoms with Gasteiger partial charge in [0.2, 0.25) is 5.95 Å². The van der Waals surface area contributed by atoms with Crippen LogP contribution in [-0.4, -0.2) is 32.1 Å². The van der Waals surface area contributed by atoms with Crippen molar-refractivity contribution in [3.8, 4) is 0 Å². The van der Waals surface area contributed by atoms with Crippen LogP contribution in [0.15, 0.2) is 35.1 Å². The maximum Gasteiger partial charge on any atom is 0.293 e. The van der Waals surface area contributed by atoms with Crippen LogP contribution in [0, 0.1) is 0 Å². The number of para-hydroxylation sites is 1. The molecule has 0 radical (unpaired) electrons. The Morgan fingerprint density at radius 2 is 1.97 bits per heavy atom. The fourth-order valence-corrected chi connectivity index (χ4v) is 3.93. The van der Waals surface area contributed by atoms with E-state index in [9.17, 15) is 9.59 Å². The van der Waals surface area contributed by atoms with Crippen molar-refractivity contribution in [1.82, 2.24) is 19.5 Å². The number of carbonyl (C=O) groups is 1. The molecule has 3 aromatic rings. The van der Waals surface area contributed by atoms with Crippen molar-refractivity contribution in [2.75, 3.05) is 5.32 Å². The van der Waals surface area contributed by atoms with Gasteiger partial charge in [0.15, 0.2) is 11.2 Å². The lowest BCUT2D eigenvalue weighted by Crippen LogP contribution is -2.24. The van der Waals surface area contributed by atoms with Gasteiger partial charge in [0.05, 0.1) is 0 Å². The van der Waals surface area contributed by atoms with Gasteiger partial charge in [0.25, 0.3) is 12.0 Å². The average molecular weight is 395 g/mol. The maximum absolute atomic E-state index is 13.1. The van der Waals surface area contributed by atoms with Gasteiger partial charge in [-0.2, -0.15) is 4.98 Å². The molecule has 29 heavy (non-hydrogen) atoms. The van der Waals surface area contributed by atoms with Gasteiger partial charge in [0.1, 0.15) is 11.9 Å². The molecule has 0 aliphatic heterocycles. The number of aromatic amines is 1. The molecule has 8 nitrogen and oxygen atoms in total. The van der Waals surface area contributed by atoms with Gasteiger partial charge in [-0.05, 0) is 44.2 Å². The molecule has 4 rings (SSSR count). The Bertz CT molecular complexity index is 1040. The number of carbonyl (C=O) groups excluding carboxylic acids is 1. The molecule has 0 saturated heterocycles. The van der Waals surface area contributed by atoms with E-state index in [0.29, 0.717) is 30.1 Å². The topological polar surface area (TPSA) is 102 Å². The zero-order chi connectivity index (χ0) is 20.2. The molecule has 0 spiro atoms. The highest BCUT2D eigenvalue weighted by molar-refractivity contribution is 5.72. The molecule has 0 unspecified atom stereocenters. The van der Waals surface area contributed by atoms with Gasteiger partial charge in [-0.15, -0.1) is 0 Å². The second kappa shape index (κ2) is 8.46. The predicted molar refractivity (Wildman–Crippen MR) is 110 cm³/mol. The molecule has 152 valence electrons. The fourth-order valence-electron chi connectivity index (χ4n) is 3.93. The number of imidazole rings is 1. The van der Waals surface area contributed by atoms with Crippen molar-refractivity contribution in [3.63, 3.8) is 0 Å². The van der Waals surface area contributed by atoms with E-state index in [1.807, 2.05) is 37.3 Å². The van der Waals surface area contributed by atoms with E-state index in [4.69, 9.17) is 4.74 Å². The number of H-pyrrole nitrogens is 1. The van der Waals surface area contributed by atoms with Crippen molar-refractivity contribution in [2.45, 2.75) is 57.6 Å². The lowest BCUT2D eigenvalue weighted by Gasteiger charge is -2.25. The minimum Gasteiger partial charge on any atom is -0.465 e. The summed E-state index contributed by atoms with van der Waals surface area (Å²) in [6.45, 7) is 3.12. The van der Waals surface area contributed by atoms with Crippen molar-refractivity contribution in [1.29, 1.82) is 0 Å². The predicted octanol–water partition coefficient (Wildman–Crippen LogP) is 3.47. The second-order valence-electron chi connectivity index (χ2n) is 7.41. The lowest BCUT2D eigenvalue weighted by atomic mass is 9.87. The highest BCUT2D eigenvalue weighted by Crippen LogP contribution is 2.33. The molecular formula is C21H25N5O3. The molecule has 1 aromatic carbocycles. The first-order valence-corrected chi connectivity index (χ1v) is 10.1. The number of aromatic nitrogens is 4. The number of ether oxygens (including phenoxy) is 1. The first-order chi connectivity index (χ1) is 14.2. The van der Waals surface area contributed by atoms with Crippen LogP contribution < -0.4 is 10.9 Å². The van der Waals surface area contributed by atoms with Crippen LogP contribution in [0.3, 0.4) is 0 Å². The molecule has 1 aliphatic carbocycles. The van der Waals surface area contributed by atoms with Crippen molar-refractivity contribution >= 4 is 29.3 Å². The maximum atomic E-state index is 13.1. The van der Waals surface area contributed by atoms with E-state index < -0.39 is 0 Å². The van der Waals surface area contributed by atoms with E-state index in [-0.39, 0.29) is 17.6 Å². The minimum absolute atomic E-state index is 0.0188. The summed E-state index contributed by atoms with van der Waals surface area (Å²) in [6, 6.07) is 9.67. The standard InChI is InChI=1S/C21H25N5O3/c1-2-12-26-20(28)17-19(25-21(26)22-15-6-4-3-5-7-15)24-18(23-17)14-8-10-16(11-9-14)29-13-27/h3-7,13-14,16H,2,8-12H2,1H3,(H,22,25)(H,23,24). The number of nitrogens with one attached hydrogen (secondary N) is 2. The summed E-state index contributed by atoms with van der Waals surface area (Å²) in [6.07, 6.45) is 4.12. The Kier molecular flexibility index (Phi) is 5.59. The van der Waals surface area contributed by atoms with Crippen LogP contribution in [0.1, 0.15) is 50.8 Å². The van der Waals surface area contributed by atoms with Crippen LogP contribution >= 0.6 is 0 Å². The Hall–Kier alpha value is -3.16. The number of hydrogen-bond donors (Lipinski definition) is 2. The molecular weight excluding hydrogens is 370 g/mol. The average Bonchev–Trinajstić information content (AvgIpc) is 3.17. The molecule has 0 atom stereocenters. The quantitative estimate of drug-likeness (QED) is 0.594. The molecule has 2 aromatic heterocycles. The van der Waals surface area contributed by atoms with E-state index in [2.05, 4.69) is 20.3 Å². The number of hydrogen-bond acceptors (Lipinski definition) is 6. The number of rotatable bonds is 7. The Labute approximate surface area is 168 Å². The van der Waals surface area contributed by atoms with E-state index in [1.54, 1.807) is 4.57 Å². The monoisotopic (exact) mass is 395 g/mol. The summed E-state index contributed by atoms with van der Waals surface area (Å²) in [4.78, 5) is 36.2. The van der Waals surface area contributed by atoms with Gasteiger partial charge in [0, 0.05) is 18.2 Å². The van der Waals surface area contributed by atoms with Gasteiger partial charge in [-0.25, -0.2) is 4.98 Å². The molecule has 2 heterocycles. The van der Waals surface area contributed by atoms with Crippen LogP contribution in [0.4, 0.5) is 11.6 Å². The van der Waals surface area contributed by atoms with Gasteiger partial charge >= 0.3 is 0 Å². The number of nitrogens with zero attached hydrogens (tertiary/aromatic N) is 3. The zero-order valence-electron chi connectivity index (χ0n) is 16.4. The van der Waals surface area contributed by atoms with E-state index in [0.717, 1.165) is 43.6 Å². The third-order valence-corrected chi connectivity index (χ3v) is 5.42. The molecule has 1 saturated carbocycles. The van der Waals surface area contributed by atoms with Crippen LogP contribution in [0.5, 0.6) is 0 Å². The summed E-state index contributed by atoms with van der Waals surface area (Å²) in [5, 5.41) is 3.25. The van der Waals surface area contributed by atoms with Crippen molar-refractivity contribution in [3.05, 3.63) is 46.5 Å². The first-order valence-electron chi connectivity index (χ1n) is 10.1. The molecule has 0 bridgehead atoms. The zero-order valence-corrected chi connectivity index (χ0v) is 16.4. The summed E-state index contributed by atoms with van der Waals surface area (Å²) in [7, 11) is 0. The molecule has 1 aliphatic rings. The lowest BCUT2D eigenvalue weighted by molar-refractivity contribution is -0.135. The molecule has 1 fully saturated rings. The van der Waals surface area contributed by atoms with Crippen LogP contribution in [0.2, 0.25) is 0 Å². The van der Waals surface area contributed by atoms with E-state index >= 15 is 0 Å². The van der Waals surface area contributed by atoms with Crippen molar-refractivity contribution < 1.29 is 9.53 Å². The van der Waals surface area contributed by atoms with Gasteiger partial charge in [-0.3, -0.25) is 14.2 Å². The van der Waals surface area contributed by atoms with Crippen LogP contribution in [-0.2, 0) is 16.1 Å². The minimum atomic E-state index is -0.119. The summed E-state index contributed by atoms with van der Waals surface area (Å²) in [5.74, 6) is 1.49. The Morgan fingerprint density at radius 1 is 1.21 bits per heavy atom. The second-order valence-corrected chi connectivity index (χ2v) is 7.41.